The molecule has 0 amide bonds. The Morgan fingerprint density at radius 2 is 1.83 bits per heavy atom. The molecule has 2 heterocycles. The lowest BCUT2D eigenvalue weighted by Gasteiger charge is -2.20. The lowest BCUT2D eigenvalue weighted by molar-refractivity contribution is 0.830. The van der Waals surface area contributed by atoms with E-state index in [9.17, 15) is 0 Å². The minimum atomic E-state index is 0.202. The van der Waals surface area contributed by atoms with Gasteiger partial charge in [-0.2, -0.15) is 4.98 Å². The molecule has 0 bridgehead atoms. The van der Waals surface area contributed by atoms with Gasteiger partial charge >= 0.3 is 0 Å². The normalized spacial score (nSPS) is 13.1. The van der Waals surface area contributed by atoms with E-state index in [0.717, 1.165) is 28.9 Å². The van der Waals surface area contributed by atoms with Crippen molar-refractivity contribution in [1.82, 2.24) is 9.97 Å². The Bertz CT molecular complexity index is 1240. The molecule has 4 aromatic rings. The van der Waals surface area contributed by atoms with Crippen LogP contribution in [0.25, 0.3) is 21.9 Å². The van der Waals surface area contributed by atoms with Crippen LogP contribution in [-0.2, 0) is 13.0 Å². The monoisotopic (exact) mass is 401 g/mol. The van der Waals surface area contributed by atoms with Gasteiger partial charge in [-0.3, -0.25) is 0 Å². The second-order valence-electron chi connectivity index (χ2n) is 7.29. The van der Waals surface area contributed by atoms with Crippen LogP contribution in [0.5, 0.6) is 0 Å². The van der Waals surface area contributed by atoms with Crippen LogP contribution in [0, 0.1) is 0 Å². The summed E-state index contributed by atoms with van der Waals surface area (Å²) in [6, 6.07) is 19.0. The summed E-state index contributed by atoms with van der Waals surface area (Å²) in [6.45, 7) is 1.60. The second kappa shape index (κ2) is 6.94. The molecule has 0 fully saturated rings. The summed E-state index contributed by atoms with van der Waals surface area (Å²) in [6.07, 6.45) is 2.70. The van der Waals surface area contributed by atoms with Gasteiger partial charge in [0, 0.05) is 40.9 Å². The molecular formula is C23H20ClN5. The van der Waals surface area contributed by atoms with E-state index in [1.807, 2.05) is 12.1 Å². The maximum Gasteiger partial charge on any atom is 0.221 e. The Kier molecular flexibility index (Phi) is 4.25. The van der Waals surface area contributed by atoms with E-state index < -0.39 is 0 Å². The van der Waals surface area contributed by atoms with Crippen LogP contribution in [-0.4, -0.2) is 16.5 Å². The van der Waals surface area contributed by atoms with E-state index in [2.05, 4.69) is 57.3 Å². The van der Waals surface area contributed by atoms with Crippen molar-refractivity contribution in [2.45, 2.75) is 13.0 Å². The average Bonchev–Trinajstić information content (AvgIpc) is 3.13. The van der Waals surface area contributed by atoms with E-state index in [-0.39, 0.29) is 5.95 Å². The predicted molar refractivity (Wildman–Crippen MR) is 120 cm³/mol. The van der Waals surface area contributed by atoms with Crippen LogP contribution in [0.4, 0.5) is 17.5 Å². The Balaban J connectivity index is 1.50. The first-order valence-electron chi connectivity index (χ1n) is 9.52. The lowest BCUT2D eigenvalue weighted by Crippen LogP contribution is -2.21. The molecule has 0 unspecified atom stereocenters. The maximum atomic E-state index is 6.39. The van der Waals surface area contributed by atoms with Crippen molar-refractivity contribution in [2.24, 2.45) is 0 Å². The van der Waals surface area contributed by atoms with Crippen LogP contribution in [0.3, 0.4) is 0 Å². The van der Waals surface area contributed by atoms with Gasteiger partial charge in [0.05, 0.1) is 0 Å². The standard InChI is InChI=1S/C23H20ClN5/c24-20-7-6-17(18-3-1-2-4-19(18)20)14-5-8-21-15(11-14)9-10-29(21)13-16-12-27-23(26)28-22(16)25/h1-8,11-12H,9-10,13H2,(H4,25,26,27,28). The first kappa shape index (κ1) is 17.8. The molecule has 1 aromatic heterocycles. The minimum absolute atomic E-state index is 0.202. The molecule has 0 radical (unpaired) electrons. The number of anilines is 3. The van der Waals surface area contributed by atoms with Crippen molar-refractivity contribution >= 4 is 39.8 Å². The molecule has 5 rings (SSSR count). The van der Waals surface area contributed by atoms with Crippen LogP contribution in [0.2, 0.25) is 5.02 Å². The number of nitrogens with two attached hydrogens (primary N) is 2. The van der Waals surface area contributed by atoms with Crippen LogP contribution in [0.1, 0.15) is 11.1 Å². The highest BCUT2D eigenvalue weighted by Gasteiger charge is 2.21. The molecule has 3 aromatic carbocycles. The number of aromatic nitrogens is 2. The van der Waals surface area contributed by atoms with Gasteiger partial charge in [0.1, 0.15) is 5.82 Å². The first-order chi connectivity index (χ1) is 14.1. The molecule has 0 saturated heterocycles. The number of hydrogen-bond acceptors (Lipinski definition) is 5. The SMILES string of the molecule is Nc1ncc(CN2CCc3cc(-c4ccc(Cl)c5ccccc45)ccc32)c(N)n1. The zero-order valence-corrected chi connectivity index (χ0v) is 16.5. The number of benzene rings is 3. The number of nitrogens with zero attached hydrogens (tertiary/aromatic N) is 3. The third kappa shape index (κ3) is 3.13. The van der Waals surface area contributed by atoms with E-state index >= 15 is 0 Å². The number of rotatable bonds is 3. The molecule has 144 valence electrons. The van der Waals surface area contributed by atoms with E-state index in [4.69, 9.17) is 23.1 Å². The van der Waals surface area contributed by atoms with E-state index in [1.165, 1.54) is 27.8 Å². The Morgan fingerprint density at radius 1 is 1.00 bits per heavy atom. The summed E-state index contributed by atoms with van der Waals surface area (Å²) in [7, 11) is 0. The zero-order valence-electron chi connectivity index (χ0n) is 15.8. The van der Waals surface area contributed by atoms with Crippen LogP contribution < -0.4 is 16.4 Å². The van der Waals surface area contributed by atoms with Gasteiger partial charge in [-0.1, -0.05) is 48.0 Å². The molecule has 0 atom stereocenters. The topological polar surface area (TPSA) is 81.1 Å². The van der Waals surface area contributed by atoms with E-state index in [0.29, 0.717) is 12.4 Å². The molecule has 1 aliphatic heterocycles. The smallest absolute Gasteiger partial charge is 0.221 e. The maximum absolute atomic E-state index is 6.39. The van der Waals surface area contributed by atoms with Crippen LogP contribution >= 0.6 is 11.6 Å². The van der Waals surface area contributed by atoms with Crippen molar-refractivity contribution < 1.29 is 0 Å². The van der Waals surface area contributed by atoms with Crippen LogP contribution in [0.15, 0.2) is 60.8 Å². The number of hydrogen-bond donors (Lipinski definition) is 2. The second-order valence-corrected chi connectivity index (χ2v) is 7.70. The third-order valence-corrected chi connectivity index (χ3v) is 5.86. The van der Waals surface area contributed by atoms with Crippen molar-refractivity contribution in [3.63, 3.8) is 0 Å². The molecule has 6 heteroatoms. The molecule has 5 nitrogen and oxygen atoms in total. The molecule has 0 saturated carbocycles. The largest absolute Gasteiger partial charge is 0.383 e. The molecular weight excluding hydrogens is 382 g/mol. The summed E-state index contributed by atoms with van der Waals surface area (Å²) < 4.78 is 0. The number of nitrogen functional groups attached to an aromatic ring is 2. The summed E-state index contributed by atoms with van der Waals surface area (Å²) in [5, 5.41) is 3.02. The van der Waals surface area contributed by atoms with Crippen molar-refractivity contribution in [3.8, 4) is 11.1 Å². The molecule has 4 N–H and O–H groups in total. The minimum Gasteiger partial charge on any atom is -0.383 e. The summed E-state index contributed by atoms with van der Waals surface area (Å²) >= 11 is 6.39. The Morgan fingerprint density at radius 3 is 2.66 bits per heavy atom. The quantitative estimate of drug-likeness (QED) is 0.521. The van der Waals surface area contributed by atoms with Crippen molar-refractivity contribution in [3.05, 3.63) is 76.9 Å². The highest BCUT2D eigenvalue weighted by Crippen LogP contribution is 2.37. The zero-order chi connectivity index (χ0) is 20.0. The van der Waals surface area contributed by atoms with E-state index in [1.54, 1.807) is 6.20 Å². The Labute approximate surface area is 173 Å². The van der Waals surface area contributed by atoms with Crippen molar-refractivity contribution in [1.29, 1.82) is 0 Å². The van der Waals surface area contributed by atoms with Gasteiger partial charge in [-0.15, -0.1) is 0 Å². The van der Waals surface area contributed by atoms with Gasteiger partial charge in [0.2, 0.25) is 5.95 Å². The molecule has 1 aliphatic rings. The summed E-state index contributed by atoms with van der Waals surface area (Å²) in [5.41, 5.74) is 17.5. The first-order valence-corrected chi connectivity index (χ1v) is 9.90. The fraction of sp³-hybridized carbons (Fsp3) is 0.130. The highest BCUT2D eigenvalue weighted by molar-refractivity contribution is 6.36. The average molecular weight is 402 g/mol. The highest BCUT2D eigenvalue weighted by atomic mass is 35.5. The van der Waals surface area contributed by atoms with Gasteiger partial charge in [0.15, 0.2) is 0 Å². The number of halogens is 1. The fourth-order valence-corrected chi connectivity index (χ4v) is 4.31. The fourth-order valence-electron chi connectivity index (χ4n) is 4.08. The van der Waals surface area contributed by atoms with Gasteiger partial charge in [-0.05, 0) is 46.7 Å². The lowest BCUT2D eigenvalue weighted by atomic mass is 9.96. The summed E-state index contributed by atoms with van der Waals surface area (Å²) in [4.78, 5) is 10.5. The summed E-state index contributed by atoms with van der Waals surface area (Å²) in [5.74, 6) is 0.642. The van der Waals surface area contributed by atoms with Crippen molar-refractivity contribution in [2.75, 3.05) is 22.9 Å². The molecule has 0 aliphatic carbocycles. The van der Waals surface area contributed by atoms with Gasteiger partial charge < -0.3 is 16.4 Å². The van der Waals surface area contributed by atoms with Gasteiger partial charge in [0.25, 0.3) is 0 Å². The molecule has 0 spiro atoms. The number of fused-ring (bicyclic) bond motifs is 2. The Hall–Kier alpha value is -3.31. The predicted octanol–water partition coefficient (Wildman–Crippen LogP) is 4.68. The van der Waals surface area contributed by atoms with Gasteiger partial charge in [-0.25, -0.2) is 4.98 Å². The third-order valence-electron chi connectivity index (χ3n) is 5.53. The molecule has 29 heavy (non-hydrogen) atoms.